The number of phenols is 1. The van der Waals surface area contributed by atoms with Gasteiger partial charge in [0.25, 0.3) is 0 Å². The largest absolute Gasteiger partial charge is 0.508 e. The standard InChI is InChI=1S/C12H17NO2/c1-9-8-15-12(2,13-9)7-10-4-3-5-11(14)6-10/h3-6,9,13-14H,7-8H2,1-2H3. The van der Waals surface area contributed by atoms with E-state index in [4.69, 9.17) is 4.74 Å². The second-order valence-electron chi connectivity index (χ2n) is 4.43. The minimum atomic E-state index is -0.298. The molecule has 1 aliphatic rings. The average Bonchev–Trinajstić information content (AvgIpc) is 2.45. The number of aromatic hydroxyl groups is 1. The smallest absolute Gasteiger partial charge is 0.120 e. The van der Waals surface area contributed by atoms with Crippen LogP contribution in [-0.2, 0) is 11.2 Å². The Morgan fingerprint density at radius 2 is 2.40 bits per heavy atom. The molecule has 2 unspecified atom stereocenters. The van der Waals surface area contributed by atoms with Crippen LogP contribution in [0.2, 0.25) is 0 Å². The van der Waals surface area contributed by atoms with Gasteiger partial charge in [0.05, 0.1) is 6.61 Å². The van der Waals surface area contributed by atoms with Gasteiger partial charge in [0.1, 0.15) is 11.5 Å². The molecule has 1 heterocycles. The summed E-state index contributed by atoms with van der Waals surface area (Å²) >= 11 is 0. The van der Waals surface area contributed by atoms with Gasteiger partial charge in [0.15, 0.2) is 0 Å². The minimum Gasteiger partial charge on any atom is -0.508 e. The van der Waals surface area contributed by atoms with Crippen molar-refractivity contribution in [1.29, 1.82) is 0 Å². The van der Waals surface area contributed by atoms with Gasteiger partial charge in [0, 0.05) is 12.5 Å². The van der Waals surface area contributed by atoms with Crippen molar-refractivity contribution >= 4 is 0 Å². The first kappa shape index (κ1) is 10.5. The highest BCUT2D eigenvalue weighted by atomic mass is 16.5. The fourth-order valence-electron chi connectivity index (χ4n) is 2.07. The first-order valence-corrected chi connectivity index (χ1v) is 5.27. The SMILES string of the molecule is CC1COC(C)(Cc2cccc(O)c2)N1. The maximum atomic E-state index is 9.36. The van der Waals surface area contributed by atoms with Crippen molar-refractivity contribution in [1.82, 2.24) is 5.32 Å². The topological polar surface area (TPSA) is 41.5 Å². The number of rotatable bonds is 2. The average molecular weight is 207 g/mol. The summed E-state index contributed by atoms with van der Waals surface area (Å²) in [6.07, 6.45) is 0.770. The molecule has 3 heteroatoms. The number of hydrogen-bond donors (Lipinski definition) is 2. The summed E-state index contributed by atoms with van der Waals surface area (Å²) in [6, 6.07) is 7.70. The summed E-state index contributed by atoms with van der Waals surface area (Å²) in [5.74, 6) is 0.308. The Bertz CT molecular complexity index is 353. The van der Waals surface area contributed by atoms with Gasteiger partial charge in [0.2, 0.25) is 0 Å². The van der Waals surface area contributed by atoms with Crippen molar-refractivity contribution in [3.63, 3.8) is 0 Å². The molecule has 1 aromatic rings. The van der Waals surface area contributed by atoms with E-state index in [1.54, 1.807) is 12.1 Å². The lowest BCUT2D eigenvalue weighted by atomic mass is 10.0. The summed E-state index contributed by atoms with van der Waals surface area (Å²) in [5.41, 5.74) is 0.784. The highest BCUT2D eigenvalue weighted by Gasteiger charge is 2.33. The Hall–Kier alpha value is -1.06. The Labute approximate surface area is 90.1 Å². The molecular formula is C12H17NO2. The van der Waals surface area contributed by atoms with Gasteiger partial charge in [-0.25, -0.2) is 0 Å². The van der Waals surface area contributed by atoms with Crippen LogP contribution in [0, 0.1) is 0 Å². The van der Waals surface area contributed by atoms with E-state index < -0.39 is 0 Å². The van der Waals surface area contributed by atoms with Gasteiger partial charge in [-0.2, -0.15) is 0 Å². The number of benzene rings is 1. The highest BCUT2D eigenvalue weighted by molar-refractivity contribution is 5.28. The van der Waals surface area contributed by atoms with Gasteiger partial charge in [-0.3, -0.25) is 5.32 Å². The third-order valence-corrected chi connectivity index (χ3v) is 2.66. The summed E-state index contributed by atoms with van der Waals surface area (Å²) in [7, 11) is 0. The predicted octanol–water partition coefficient (Wildman–Crippen LogP) is 1.66. The zero-order chi connectivity index (χ0) is 10.9. The third kappa shape index (κ3) is 2.49. The number of ether oxygens (including phenoxy) is 1. The predicted molar refractivity (Wildman–Crippen MR) is 58.8 cm³/mol. The first-order chi connectivity index (χ1) is 7.07. The van der Waals surface area contributed by atoms with E-state index >= 15 is 0 Å². The van der Waals surface area contributed by atoms with E-state index in [2.05, 4.69) is 12.2 Å². The molecule has 1 aromatic carbocycles. The molecule has 1 saturated heterocycles. The molecule has 0 amide bonds. The summed E-state index contributed by atoms with van der Waals surface area (Å²) < 4.78 is 5.70. The summed E-state index contributed by atoms with van der Waals surface area (Å²) in [6.45, 7) is 4.89. The van der Waals surface area contributed by atoms with Crippen LogP contribution in [-0.4, -0.2) is 23.5 Å². The van der Waals surface area contributed by atoms with Crippen LogP contribution in [0.4, 0.5) is 0 Å². The van der Waals surface area contributed by atoms with E-state index in [1.807, 2.05) is 19.1 Å². The molecule has 0 aromatic heterocycles. The Morgan fingerprint density at radius 1 is 1.60 bits per heavy atom. The number of hydrogen-bond acceptors (Lipinski definition) is 3. The fraction of sp³-hybridized carbons (Fsp3) is 0.500. The minimum absolute atomic E-state index is 0.298. The fourth-order valence-corrected chi connectivity index (χ4v) is 2.07. The van der Waals surface area contributed by atoms with Crippen molar-refractivity contribution in [2.45, 2.75) is 32.0 Å². The Balaban J connectivity index is 2.08. The summed E-state index contributed by atoms with van der Waals surface area (Å²) in [5, 5.41) is 12.8. The Kier molecular flexibility index (Phi) is 2.67. The lowest BCUT2D eigenvalue weighted by molar-refractivity contribution is 0.00688. The van der Waals surface area contributed by atoms with E-state index in [-0.39, 0.29) is 5.72 Å². The first-order valence-electron chi connectivity index (χ1n) is 5.27. The van der Waals surface area contributed by atoms with E-state index in [1.165, 1.54) is 0 Å². The van der Waals surface area contributed by atoms with E-state index in [0.717, 1.165) is 18.6 Å². The molecule has 3 nitrogen and oxygen atoms in total. The molecule has 2 atom stereocenters. The zero-order valence-electron chi connectivity index (χ0n) is 9.16. The van der Waals surface area contributed by atoms with Crippen molar-refractivity contribution in [2.75, 3.05) is 6.61 Å². The van der Waals surface area contributed by atoms with Crippen LogP contribution in [0.3, 0.4) is 0 Å². The van der Waals surface area contributed by atoms with Gasteiger partial charge in [-0.15, -0.1) is 0 Å². The molecule has 0 radical (unpaired) electrons. The second-order valence-corrected chi connectivity index (χ2v) is 4.43. The molecule has 0 aliphatic carbocycles. The van der Waals surface area contributed by atoms with Crippen LogP contribution in [0.1, 0.15) is 19.4 Å². The van der Waals surface area contributed by atoms with Crippen LogP contribution in [0.5, 0.6) is 5.75 Å². The molecule has 1 aliphatic heterocycles. The van der Waals surface area contributed by atoms with Crippen LogP contribution >= 0.6 is 0 Å². The van der Waals surface area contributed by atoms with Crippen LogP contribution < -0.4 is 5.32 Å². The van der Waals surface area contributed by atoms with Crippen molar-refractivity contribution in [3.8, 4) is 5.75 Å². The highest BCUT2D eigenvalue weighted by Crippen LogP contribution is 2.22. The van der Waals surface area contributed by atoms with Gasteiger partial charge < -0.3 is 9.84 Å². The van der Waals surface area contributed by atoms with Crippen molar-refractivity contribution in [2.24, 2.45) is 0 Å². The van der Waals surface area contributed by atoms with Gasteiger partial charge in [-0.05, 0) is 31.5 Å². The quantitative estimate of drug-likeness (QED) is 0.775. The van der Waals surface area contributed by atoms with E-state index in [9.17, 15) is 5.11 Å². The molecule has 82 valence electrons. The van der Waals surface area contributed by atoms with Crippen LogP contribution in [0.15, 0.2) is 24.3 Å². The van der Waals surface area contributed by atoms with Crippen LogP contribution in [0.25, 0.3) is 0 Å². The molecule has 2 rings (SSSR count). The molecule has 0 spiro atoms. The van der Waals surface area contributed by atoms with Gasteiger partial charge in [-0.1, -0.05) is 12.1 Å². The summed E-state index contributed by atoms with van der Waals surface area (Å²) in [4.78, 5) is 0. The Morgan fingerprint density at radius 3 is 3.00 bits per heavy atom. The molecule has 15 heavy (non-hydrogen) atoms. The monoisotopic (exact) mass is 207 g/mol. The lowest BCUT2D eigenvalue weighted by Gasteiger charge is -2.24. The zero-order valence-corrected chi connectivity index (χ0v) is 9.16. The molecule has 2 N–H and O–H groups in total. The number of phenolic OH excluding ortho intramolecular Hbond substituents is 1. The molecule has 1 fully saturated rings. The van der Waals surface area contributed by atoms with Crippen molar-refractivity contribution < 1.29 is 9.84 Å². The molecular weight excluding hydrogens is 190 g/mol. The number of nitrogens with one attached hydrogen (secondary N) is 1. The molecule has 0 saturated carbocycles. The van der Waals surface area contributed by atoms with E-state index in [0.29, 0.717) is 11.8 Å². The second kappa shape index (κ2) is 3.83. The van der Waals surface area contributed by atoms with Crippen molar-refractivity contribution in [3.05, 3.63) is 29.8 Å². The lowest BCUT2D eigenvalue weighted by Crippen LogP contribution is -2.42. The third-order valence-electron chi connectivity index (χ3n) is 2.66. The van der Waals surface area contributed by atoms with Gasteiger partial charge >= 0.3 is 0 Å². The normalized spacial score (nSPS) is 30.7. The molecule has 0 bridgehead atoms. The maximum absolute atomic E-state index is 9.36. The maximum Gasteiger partial charge on any atom is 0.120 e.